The Balaban J connectivity index is 0.00000121. The third-order valence-electron chi connectivity index (χ3n) is 1.99. The Hall–Kier alpha value is -1.40. The summed E-state index contributed by atoms with van der Waals surface area (Å²) in [6.45, 7) is 4.00. The average Bonchev–Trinajstić information content (AvgIpc) is 2.38. The molecule has 0 bridgehead atoms. The highest BCUT2D eigenvalue weighted by Crippen LogP contribution is 2.35. The van der Waals surface area contributed by atoms with Crippen LogP contribution in [0.15, 0.2) is 12.1 Å². The lowest BCUT2D eigenvalue weighted by Crippen LogP contribution is -2.30. The van der Waals surface area contributed by atoms with Crippen molar-refractivity contribution in [2.45, 2.75) is 13.8 Å². The monoisotopic (exact) mass is 242 g/mol. The molecule has 1 aromatic rings. The second-order valence-electron chi connectivity index (χ2n) is 2.83. The second kappa shape index (κ2) is 7.81. The van der Waals surface area contributed by atoms with Crippen LogP contribution in [0.25, 0.3) is 0 Å². The molecule has 0 heterocycles. The van der Waals surface area contributed by atoms with E-state index in [1.54, 1.807) is 0 Å². The van der Waals surface area contributed by atoms with Gasteiger partial charge in [0.1, 0.15) is 0 Å². The van der Waals surface area contributed by atoms with E-state index in [2.05, 4.69) is 0 Å². The summed E-state index contributed by atoms with van der Waals surface area (Å²) in [6.07, 6.45) is 0. The first-order valence-electron chi connectivity index (χ1n) is 5.30. The number of ether oxygens (including phenoxy) is 3. The lowest BCUT2D eigenvalue weighted by molar-refractivity contribution is 0.324. The average molecular weight is 242 g/mol. The van der Waals surface area contributed by atoms with Crippen molar-refractivity contribution in [2.75, 3.05) is 21.3 Å². The molecule has 17 heavy (non-hydrogen) atoms. The van der Waals surface area contributed by atoms with E-state index >= 15 is 0 Å². The summed E-state index contributed by atoms with van der Waals surface area (Å²) in [5, 5.41) is 18.1. The molecule has 5 nitrogen and oxygen atoms in total. The summed E-state index contributed by atoms with van der Waals surface area (Å²) in [6, 6.07) is 2.96. The fraction of sp³-hybridized carbons (Fsp3) is 0.455. The van der Waals surface area contributed by atoms with Crippen molar-refractivity contribution < 1.29 is 24.3 Å². The third-order valence-corrected chi connectivity index (χ3v) is 1.99. The molecule has 0 fully saturated rings. The van der Waals surface area contributed by atoms with Crippen molar-refractivity contribution in [1.82, 2.24) is 0 Å². The van der Waals surface area contributed by atoms with Crippen molar-refractivity contribution in [3.05, 3.63) is 12.1 Å². The maximum absolute atomic E-state index is 9.03. The van der Waals surface area contributed by atoms with Gasteiger partial charge >= 0.3 is 7.12 Å². The number of hydrogen-bond acceptors (Lipinski definition) is 5. The van der Waals surface area contributed by atoms with Gasteiger partial charge in [-0.05, 0) is 17.6 Å². The molecule has 0 atom stereocenters. The fourth-order valence-electron chi connectivity index (χ4n) is 1.25. The quantitative estimate of drug-likeness (QED) is 0.749. The molecule has 0 saturated carbocycles. The molecule has 1 rings (SSSR count). The van der Waals surface area contributed by atoms with Gasteiger partial charge in [0.15, 0.2) is 11.5 Å². The van der Waals surface area contributed by atoms with Gasteiger partial charge in [0.25, 0.3) is 0 Å². The molecule has 2 N–H and O–H groups in total. The van der Waals surface area contributed by atoms with Crippen LogP contribution in [0.1, 0.15) is 13.8 Å². The van der Waals surface area contributed by atoms with Crippen LogP contribution >= 0.6 is 0 Å². The van der Waals surface area contributed by atoms with Gasteiger partial charge in [-0.25, -0.2) is 0 Å². The lowest BCUT2D eigenvalue weighted by Gasteiger charge is -2.13. The predicted octanol–water partition coefficient (Wildman–Crippen LogP) is 0.418. The minimum absolute atomic E-state index is 0.282. The Bertz CT molecular complexity index is 316. The Kier molecular flexibility index (Phi) is 7.17. The molecular weight excluding hydrogens is 223 g/mol. The zero-order valence-corrected chi connectivity index (χ0v) is 10.9. The van der Waals surface area contributed by atoms with Crippen molar-refractivity contribution in [2.24, 2.45) is 0 Å². The van der Waals surface area contributed by atoms with Crippen LogP contribution < -0.4 is 19.7 Å². The Morgan fingerprint density at radius 1 is 0.882 bits per heavy atom. The van der Waals surface area contributed by atoms with Crippen LogP contribution in [-0.2, 0) is 0 Å². The minimum Gasteiger partial charge on any atom is -0.493 e. The minimum atomic E-state index is -1.57. The highest BCUT2D eigenvalue weighted by Gasteiger charge is 2.19. The van der Waals surface area contributed by atoms with E-state index in [1.807, 2.05) is 13.8 Å². The van der Waals surface area contributed by atoms with Gasteiger partial charge in [-0.3, -0.25) is 0 Å². The molecule has 0 aliphatic heterocycles. The van der Waals surface area contributed by atoms with E-state index in [0.29, 0.717) is 17.2 Å². The van der Waals surface area contributed by atoms with Crippen molar-refractivity contribution in [3.63, 3.8) is 0 Å². The molecule has 0 amide bonds. The molecule has 1 aromatic carbocycles. The van der Waals surface area contributed by atoms with Crippen molar-refractivity contribution in [1.29, 1.82) is 0 Å². The predicted molar refractivity (Wildman–Crippen MR) is 67.3 cm³/mol. The molecule has 0 aliphatic rings. The molecule has 0 spiro atoms. The summed E-state index contributed by atoms with van der Waals surface area (Å²) < 4.78 is 15.2. The summed E-state index contributed by atoms with van der Waals surface area (Å²) in [4.78, 5) is 0. The lowest BCUT2D eigenvalue weighted by atomic mass is 9.80. The van der Waals surface area contributed by atoms with Crippen LogP contribution in [0, 0.1) is 0 Å². The number of rotatable bonds is 4. The molecule has 0 radical (unpaired) electrons. The van der Waals surface area contributed by atoms with Gasteiger partial charge in [-0.1, -0.05) is 13.8 Å². The van der Waals surface area contributed by atoms with E-state index in [1.165, 1.54) is 33.5 Å². The molecule has 0 aromatic heterocycles. The van der Waals surface area contributed by atoms with Crippen LogP contribution in [0.2, 0.25) is 0 Å². The number of methoxy groups -OCH3 is 3. The molecule has 0 aliphatic carbocycles. The van der Waals surface area contributed by atoms with Crippen molar-refractivity contribution >= 4 is 12.6 Å². The SMILES string of the molecule is CC.COc1cc(B(O)O)cc(OC)c1OC. The van der Waals surface area contributed by atoms with E-state index < -0.39 is 7.12 Å². The van der Waals surface area contributed by atoms with Crippen LogP contribution in [-0.4, -0.2) is 38.5 Å². The standard InChI is InChI=1S/C9H13BO5.C2H6/c1-13-7-4-6(10(11)12)5-8(14-2)9(7)15-3;1-2/h4-5,11-12H,1-3H3;1-2H3. The van der Waals surface area contributed by atoms with Gasteiger partial charge in [0.2, 0.25) is 5.75 Å². The Morgan fingerprint density at radius 2 is 1.29 bits per heavy atom. The third kappa shape index (κ3) is 3.83. The van der Waals surface area contributed by atoms with Crippen LogP contribution in [0.5, 0.6) is 17.2 Å². The largest absolute Gasteiger partial charge is 0.493 e. The number of benzene rings is 1. The maximum Gasteiger partial charge on any atom is 0.488 e. The molecule has 6 heteroatoms. The van der Waals surface area contributed by atoms with E-state index in [-0.39, 0.29) is 5.46 Å². The first-order chi connectivity index (χ1) is 8.13. The normalized spacial score (nSPS) is 8.88. The first-order valence-corrected chi connectivity index (χ1v) is 5.30. The van der Waals surface area contributed by atoms with E-state index in [0.717, 1.165) is 0 Å². The number of hydrogen-bond donors (Lipinski definition) is 2. The molecule has 0 saturated heterocycles. The molecule has 0 unspecified atom stereocenters. The maximum atomic E-state index is 9.03. The summed E-state index contributed by atoms with van der Waals surface area (Å²) in [5.74, 6) is 1.20. The van der Waals surface area contributed by atoms with Gasteiger partial charge in [0, 0.05) is 0 Å². The second-order valence-corrected chi connectivity index (χ2v) is 2.83. The van der Waals surface area contributed by atoms with Gasteiger partial charge in [0.05, 0.1) is 21.3 Å². The Labute approximate surface area is 102 Å². The zero-order valence-electron chi connectivity index (χ0n) is 10.9. The summed E-state index contributed by atoms with van der Waals surface area (Å²) in [5.41, 5.74) is 0.282. The topological polar surface area (TPSA) is 68.2 Å². The highest BCUT2D eigenvalue weighted by atomic mass is 16.5. The molecular formula is C11H19BO5. The van der Waals surface area contributed by atoms with E-state index in [9.17, 15) is 0 Å². The van der Waals surface area contributed by atoms with Crippen LogP contribution in [0.4, 0.5) is 0 Å². The first kappa shape index (κ1) is 15.6. The zero-order chi connectivity index (χ0) is 13.4. The summed E-state index contributed by atoms with van der Waals surface area (Å²) >= 11 is 0. The highest BCUT2D eigenvalue weighted by molar-refractivity contribution is 6.58. The van der Waals surface area contributed by atoms with Gasteiger partial charge in [-0.2, -0.15) is 0 Å². The fourth-order valence-corrected chi connectivity index (χ4v) is 1.25. The van der Waals surface area contributed by atoms with Gasteiger partial charge < -0.3 is 24.3 Å². The van der Waals surface area contributed by atoms with Gasteiger partial charge in [-0.15, -0.1) is 0 Å². The van der Waals surface area contributed by atoms with E-state index in [4.69, 9.17) is 24.3 Å². The molecule has 96 valence electrons. The van der Waals surface area contributed by atoms with Crippen LogP contribution in [0.3, 0.4) is 0 Å². The summed E-state index contributed by atoms with van der Waals surface area (Å²) in [7, 11) is 2.84. The Morgan fingerprint density at radius 3 is 1.53 bits per heavy atom. The smallest absolute Gasteiger partial charge is 0.488 e. The van der Waals surface area contributed by atoms with Crippen molar-refractivity contribution in [3.8, 4) is 17.2 Å².